The van der Waals surface area contributed by atoms with Gasteiger partial charge in [0.05, 0.1) is 5.41 Å². The Kier molecular flexibility index (Phi) is 7.46. The van der Waals surface area contributed by atoms with Crippen LogP contribution in [0, 0.1) is 0 Å². The molecule has 0 saturated heterocycles. The molecule has 10 aromatic carbocycles. The van der Waals surface area contributed by atoms with E-state index in [0.29, 0.717) is 0 Å². The van der Waals surface area contributed by atoms with Crippen LogP contribution in [0.15, 0.2) is 224 Å². The van der Waals surface area contributed by atoms with Crippen LogP contribution in [0.5, 0.6) is 0 Å². The zero-order valence-corrected chi connectivity index (χ0v) is 34.0. The second-order valence-corrected chi connectivity index (χ2v) is 17.5. The highest BCUT2D eigenvalue weighted by Gasteiger charge is 2.51. The van der Waals surface area contributed by atoms with Gasteiger partial charge in [0, 0.05) is 37.2 Å². The van der Waals surface area contributed by atoms with Gasteiger partial charge in [0.25, 0.3) is 0 Å². The number of anilines is 3. The number of fused-ring (bicyclic) bond motifs is 14. The minimum Gasteiger partial charge on any atom is -0.310 e. The summed E-state index contributed by atoms with van der Waals surface area (Å²) in [6, 6.07) is 83.5. The number of rotatable bonds is 5. The van der Waals surface area contributed by atoms with Crippen molar-refractivity contribution >= 4 is 59.3 Å². The van der Waals surface area contributed by atoms with E-state index in [-0.39, 0.29) is 5.41 Å². The summed E-state index contributed by atoms with van der Waals surface area (Å²) in [5.74, 6) is 0. The number of benzene rings is 10. The standard InChI is InChI=1S/C59H37NS/c1-2-12-38(13-3-1)39-22-27-44(28-23-39)60(46-31-32-50-49-18-8-11-21-57(49)61-58(50)37-46)45-29-24-40(25-30-45)43-26-33-55-51(35-43)47-16-6-9-19-53(47)59(55)54-20-10-7-17-48(54)52-34-41-14-4-5-15-42(41)36-56(52)59/h1-37H. The molecule has 2 heteroatoms. The van der Waals surface area contributed by atoms with Crippen LogP contribution in [0.25, 0.3) is 75.5 Å². The third-order valence-electron chi connectivity index (χ3n) is 13.3. The van der Waals surface area contributed by atoms with Crippen LogP contribution < -0.4 is 4.90 Å². The monoisotopic (exact) mass is 791 g/mol. The summed E-state index contributed by atoms with van der Waals surface area (Å²) in [6.07, 6.45) is 0. The van der Waals surface area contributed by atoms with E-state index in [1.807, 2.05) is 11.3 Å². The molecular weight excluding hydrogens is 755 g/mol. The summed E-state index contributed by atoms with van der Waals surface area (Å²) < 4.78 is 2.61. The van der Waals surface area contributed by atoms with Gasteiger partial charge in [0.1, 0.15) is 0 Å². The molecule has 1 nitrogen and oxygen atoms in total. The van der Waals surface area contributed by atoms with E-state index >= 15 is 0 Å². The molecule has 0 amide bonds. The first-order chi connectivity index (χ1) is 30.2. The molecule has 13 rings (SSSR count). The smallest absolute Gasteiger partial charge is 0.0725 e. The van der Waals surface area contributed by atoms with Gasteiger partial charge in [-0.05, 0) is 138 Å². The normalized spacial score (nSPS) is 14.6. The van der Waals surface area contributed by atoms with Gasteiger partial charge in [-0.1, -0.05) is 164 Å². The highest BCUT2D eigenvalue weighted by molar-refractivity contribution is 7.25. The Morgan fingerprint density at radius 3 is 1.52 bits per heavy atom. The first kappa shape index (κ1) is 34.4. The van der Waals surface area contributed by atoms with Crippen LogP contribution in [0.3, 0.4) is 0 Å². The fourth-order valence-electron chi connectivity index (χ4n) is 10.5. The number of hydrogen-bond donors (Lipinski definition) is 0. The van der Waals surface area contributed by atoms with E-state index in [1.54, 1.807) is 0 Å². The van der Waals surface area contributed by atoms with E-state index in [2.05, 4.69) is 229 Å². The van der Waals surface area contributed by atoms with Crippen molar-refractivity contribution in [1.82, 2.24) is 0 Å². The van der Waals surface area contributed by atoms with Gasteiger partial charge in [-0.2, -0.15) is 0 Å². The second kappa shape index (κ2) is 13.2. The zero-order valence-electron chi connectivity index (χ0n) is 33.2. The quantitative estimate of drug-likeness (QED) is 0.168. The van der Waals surface area contributed by atoms with Crippen LogP contribution in [0.2, 0.25) is 0 Å². The molecular formula is C59H37NS. The lowest BCUT2D eigenvalue weighted by atomic mass is 9.70. The maximum absolute atomic E-state index is 2.46. The molecule has 0 N–H and O–H groups in total. The van der Waals surface area contributed by atoms with Crippen LogP contribution in [-0.2, 0) is 5.41 Å². The number of nitrogens with zero attached hydrogens (tertiary/aromatic N) is 1. The molecule has 1 atom stereocenters. The van der Waals surface area contributed by atoms with Gasteiger partial charge < -0.3 is 4.90 Å². The minimum atomic E-state index is -0.379. The summed E-state index contributed by atoms with van der Waals surface area (Å²) in [4.78, 5) is 2.39. The SMILES string of the molecule is c1ccc(-c2ccc(N(c3ccc(-c4ccc5c(c4)-c4ccccc4C54c5ccccc5-c5cc6ccccc6cc54)cc3)c3ccc4c(c3)sc3ccccc34)cc2)cc1. The fourth-order valence-corrected chi connectivity index (χ4v) is 11.7. The lowest BCUT2D eigenvalue weighted by molar-refractivity contribution is 0.795. The van der Waals surface area contributed by atoms with Gasteiger partial charge in [-0.15, -0.1) is 11.3 Å². The van der Waals surface area contributed by atoms with E-state index in [0.717, 1.165) is 17.1 Å². The summed E-state index contributed by atoms with van der Waals surface area (Å²) in [5, 5.41) is 5.18. The molecule has 11 aromatic rings. The molecule has 0 radical (unpaired) electrons. The Morgan fingerprint density at radius 2 is 0.803 bits per heavy atom. The average molecular weight is 792 g/mol. The summed E-state index contributed by atoms with van der Waals surface area (Å²) in [6.45, 7) is 0. The van der Waals surface area contributed by atoms with Crippen LogP contribution in [-0.4, -0.2) is 0 Å². The van der Waals surface area contributed by atoms with Gasteiger partial charge in [0.2, 0.25) is 0 Å². The predicted octanol–water partition coefficient (Wildman–Crippen LogP) is 16.4. The Labute approximate surface area is 359 Å². The first-order valence-corrected chi connectivity index (χ1v) is 21.9. The minimum absolute atomic E-state index is 0.379. The third kappa shape index (κ3) is 5.07. The van der Waals surface area contributed by atoms with E-state index in [4.69, 9.17) is 0 Å². The highest BCUT2D eigenvalue weighted by Crippen LogP contribution is 2.63. The molecule has 0 fully saturated rings. The van der Waals surface area contributed by atoms with Crippen LogP contribution >= 0.6 is 11.3 Å². The Balaban J connectivity index is 0.931. The Hall–Kier alpha value is -7.52. The Morgan fingerprint density at radius 1 is 0.295 bits per heavy atom. The largest absolute Gasteiger partial charge is 0.310 e. The van der Waals surface area contributed by atoms with Crippen molar-refractivity contribution in [1.29, 1.82) is 0 Å². The van der Waals surface area contributed by atoms with Crippen LogP contribution in [0.4, 0.5) is 17.1 Å². The molecule has 1 spiro atoms. The summed E-state index contributed by atoms with van der Waals surface area (Å²) in [7, 11) is 0. The highest BCUT2D eigenvalue weighted by atomic mass is 32.1. The predicted molar refractivity (Wildman–Crippen MR) is 259 cm³/mol. The first-order valence-electron chi connectivity index (χ1n) is 21.1. The summed E-state index contributed by atoms with van der Waals surface area (Å²) >= 11 is 1.86. The lowest BCUT2D eigenvalue weighted by Crippen LogP contribution is -2.25. The molecule has 0 bridgehead atoms. The van der Waals surface area contributed by atoms with Crippen molar-refractivity contribution in [3.8, 4) is 44.5 Å². The fraction of sp³-hybridized carbons (Fsp3) is 0.0169. The molecule has 2 aliphatic rings. The molecule has 0 saturated carbocycles. The second-order valence-electron chi connectivity index (χ2n) is 16.4. The maximum Gasteiger partial charge on any atom is 0.0725 e. The zero-order chi connectivity index (χ0) is 40.1. The van der Waals surface area contributed by atoms with Gasteiger partial charge in [0.15, 0.2) is 0 Å². The van der Waals surface area contributed by atoms with E-state index < -0.39 is 0 Å². The van der Waals surface area contributed by atoms with Gasteiger partial charge >= 0.3 is 0 Å². The van der Waals surface area contributed by atoms with Crippen molar-refractivity contribution in [2.45, 2.75) is 5.41 Å². The molecule has 1 aromatic heterocycles. The Bertz CT molecular complexity index is 3520. The third-order valence-corrected chi connectivity index (χ3v) is 14.4. The van der Waals surface area contributed by atoms with E-state index in [1.165, 1.54) is 97.7 Å². The van der Waals surface area contributed by atoms with Gasteiger partial charge in [-0.3, -0.25) is 0 Å². The summed E-state index contributed by atoms with van der Waals surface area (Å²) in [5.41, 5.74) is 18.6. The molecule has 1 heterocycles. The average Bonchev–Trinajstić information content (AvgIpc) is 3.95. The maximum atomic E-state index is 2.46. The molecule has 284 valence electrons. The topological polar surface area (TPSA) is 3.24 Å². The lowest BCUT2D eigenvalue weighted by Gasteiger charge is -2.30. The van der Waals surface area contributed by atoms with Crippen molar-refractivity contribution < 1.29 is 0 Å². The molecule has 61 heavy (non-hydrogen) atoms. The van der Waals surface area contributed by atoms with E-state index in [9.17, 15) is 0 Å². The van der Waals surface area contributed by atoms with Crippen LogP contribution in [0.1, 0.15) is 22.3 Å². The number of hydrogen-bond acceptors (Lipinski definition) is 2. The molecule has 1 unspecified atom stereocenters. The van der Waals surface area contributed by atoms with Crippen molar-refractivity contribution in [2.75, 3.05) is 4.90 Å². The van der Waals surface area contributed by atoms with Crippen molar-refractivity contribution in [3.63, 3.8) is 0 Å². The van der Waals surface area contributed by atoms with Gasteiger partial charge in [-0.25, -0.2) is 0 Å². The number of thiophene rings is 1. The van der Waals surface area contributed by atoms with Crippen molar-refractivity contribution in [2.24, 2.45) is 0 Å². The molecule has 0 aliphatic heterocycles. The van der Waals surface area contributed by atoms with Crippen molar-refractivity contribution in [3.05, 3.63) is 247 Å². The molecule has 2 aliphatic carbocycles.